The summed E-state index contributed by atoms with van der Waals surface area (Å²) in [7, 11) is 0. The van der Waals surface area contributed by atoms with Gasteiger partial charge in [0, 0.05) is 10.8 Å². The van der Waals surface area contributed by atoms with Gasteiger partial charge in [0.25, 0.3) is 0 Å². The van der Waals surface area contributed by atoms with Crippen molar-refractivity contribution in [3.63, 3.8) is 0 Å². The van der Waals surface area contributed by atoms with Crippen LogP contribution in [0.3, 0.4) is 0 Å². The van der Waals surface area contributed by atoms with Gasteiger partial charge in [-0.05, 0) is 33.5 Å². The smallest absolute Gasteiger partial charge is 0.0887 e. The highest BCUT2D eigenvalue weighted by molar-refractivity contribution is 9.11. The van der Waals surface area contributed by atoms with Crippen molar-refractivity contribution in [3.8, 4) is 0 Å². The van der Waals surface area contributed by atoms with Gasteiger partial charge in [-0.1, -0.05) is 78.1 Å². The average Bonchev–Trinajstić information content (AvgIpc) is 2.80. The van der Waals surface area contributed by atoms with Crippen molar-refractivity contribution in [2.45, 2.75) is 31.0 Å². The van der Waals surface area contributed by atoms with E-state index >= 15 is 0 Å². The van der Waals surface area contributed by atoms with E-state index in [0.29, 0.717) is 11.8 Å². The summed E-state index contributed by atoms with van der Waals surface area (Å²) < 4.78 is 1.01. The van der Waals surface area contributed by atoms with Crippen molar-refractivity contribution in [2.24, 2.45) is 5.92 Å². The van der Waals surface area contributed by atoms with Crippen LogP contribution in [0.2, 0.25) is 5.02 Å². The zero-order chi connectivity index (χ0) is 14.7. The number of thiophene rings is 1. The SMILES string of the molecule is CCC(C)C(c1ccccc1)C(Br)c1cc(Cl)c(Br)s1. The maximum atomic E-state index is 6.18. The zero-order valence-corrected chi connectivity index (χ0v) is 16.2. The summed E-state index contributed by atoms with van der Waals surface area (Å²) in [5.74, 6) is 1.05. The minimum absolute atomic E-state index is 0.286. The van der Waals surface area contributed by atoms with Gasteiger partial charge >= 0.3 is 0 Å². The molecule has 3 unspecified atom stereocenters. The molecule has 3 atom stereocenters. The first kappa shape index (κ1) is 16.5. The predicted molar refractivity (Wildman–Crippen MR) is 97.3 cm³/mol. The van der Waals surface area contributed by atoms with Crippen molar-refractivity contribution in [3.05, 3.63) is 55.6 Å². The van der Waals surface area contributed by atoms with Crippen molar-refractivity contribution in [1.29, 1.82) is 0 Å². The molecular formula is C16H17Br2ClS. The van der Waals surface area contributed by atoms with Crippen LogP contribution in [0.5, 0.6) is 0 Å². The first-order chi connectivity index (χ1) is 9.54. The Morgan fingerprint density at radius 1 is 1.25 bits per heavy atom. The zero-order valence-electron chi connectivity index (χ0n) is 11.4. The van der Waals surface area contributed by atoms with Crippen molar-refractivity contribution in [2.75, 3.05) is 0 Å². The van der Waals surface area contributed by atoms with E-state index in [4.69, 9.17) is 11.6 Å². The number of alkyl halides is 1. The van der Waals surface area contributed by atoms with Crippen LogP contribution in [0, 0.1) is 5.92 Å². The largest absolute Gasteiger partial charge is 0.130 e. The second-order valence-corrected chi connectivity index (χ2v) is 8.79. The summed E-state index contributed by atoms with van der Waals surface area (Å²) in [5, 5.41) is 0.797. The van der Waals surface area contributed by atoms with Gasteiger partial charge in [-0.15, -0.1) is 11.3 Å². The third-order valence-corrected chi connectivity index (χ3v) is 7.62. The van der Waals surface area contributed by atoms with E-state index in [9.17, 15) is 0 Å². The fourth-order valence-corrected chi connectivity index (χ4v) is 5.40. The highest BCUT2D eigenvalue weighted by Gasteiger charge is 2.28. The van der Waals surface area contributed by atoms with Gasteiger partial charge in [0.15, 0.2) is 0 Å². The maximum absolute atomic E-state index is 6.18. The van der Waals surface area contributed by atoms with E-state index in [2.05, 4.69) is 82.1 Å². The lowest BCUT2D eigenvalue weighted by atomic mass is 9.83. The Bertz CT molecular complexity index is 533. The van der Waals surface area contributed by atoms with Crippen LogP contribution in [-0.2, 0) is 0 Å². The van der Waals surface area contributed by atoms with Crippen LogP contribution >= 0.6 is 54.8 Å². The minimum atomic E-state index is 0.286. The van der Waals surface area contributed by atoms with E-state index in [1.54, 1.807) is 11.3 Å². The van der Waals surface area contributed by atoms with Crippen LogP contribution < -0.4 is 0 Å². The van der Waals surface area contributed by atoms with Crippen molar-refractivity contribution < 1.29 is 0 Å². The molecule has 0 amide bonds. The van der Waals surface area contributed by atoms with Gasteiger partial charge in [0.1, 0.15) is 0 Å². The van der Waals surface area contributed by atoms with E-state index in [1.165, 1.54) is 10.4 Å². The molecule has 0 bridgehead atoms. The molecule has 1 heterocycles. The summed E-state index contributed by atoms with van der Waals surface area (Å²) in [4.78, 5) is 1.56. The Morgan fingerprint density at radius 3 is 2.40 bits per heavy atom. The summed E-state index contributed by atoms with van der Waals surface area (Å²) in [5.41, 5.74) is 1.38. The molecule has 0 radical (unpaired) electrons. The molecule has 108 valence electrons. The molecule has 0 N–H and O–H groups in total. The Morgan fingerprint density at radius 2 is 1.90 bits per heavy atom. The monoisotopic (exact) mass is 434 g/mol. The highest BCUT2D eigenvalue weighted by atomic mass is 79.9. The van der Waals surface area contributed by atoms with Gasteiger partial charge in [0.2, 0.25) is 0 Å². The molecule has 0 nitrogen and oxygen atoms in total. The van der Waals surface area contributed by atoms with Crippen molar-refractivity contribution >= 4 is 54.8 Å². The van der Waals surface area contributed by atoms with Crippen LogP contribution in [0.25, 0.3) is 0 Å². The third-order valence-electron chi connectivity index (χ3n) is 3.69. The molecule has 4 heteroatoms. The molecule has 20 heavy (non-hydrogen) atoms. The third kappa shape index (κ3) is 3.68. The molecular weight excluding hydrogens is 420 g/mol. The molecule has 1 aromatic carbocycles. The first-order valence-corrected chi connectivity index (χ1v) is 9.58. The van der Waals surface area contributed by atoms with Gasteiger partial charge in [-0.25, -0.2) is 0 Å². The van der Waals surface area contributed by atoms with Crippen LogP contribution in [0.1, 0.15) is 41.5 Å². The lowest BCUT2D eigenvalue weighted by molar-refractivity contribution is 0.442. The molecule has 0 spiro atoms. The molecule has 1 aromatic heterocycles. The normalized spacial score (nSPS) is 15.8. The summed E-state index contributed by atoms with van der Waals surface area (Å²) in [6.07, 6.45) is 1.15. The predicted octanol–water partition coefficient (Wildman–Crippen LogP) is 7.43. The lowest BCUT2D eigenvalue weighted by Crippen LogP contribution is -2.14. The quantitative estimate of drug-likeness (QED) is 0.428. The molecule has 0 fully saturated rings. The van der Waals surface area contributed by atoms with Gasteiger partial charge in [-0.3, -0.25) is 0 Å². The fraction of sp³-hybridized carbons (Fsp3) is 0.375. The number of benzene rings is 1. The second kappa shape index (κ2) is 7.44. The molecule has 0 saturated heterocycles. The number of hydrogen-bond acceptors (Lipinski definition) is 1. The molecule has 0 aliphatic rings. The Hall–Kier alpha value is 0.170. The molecule has 2 aromatic rings. The molecule has 0 aliphatic carbocycles. The van der Waals surface area contributed by atoms with E-state index in [0.717, 1.165) is 15.2 Å². The maximum Gasteiger partial charge on any atom is 0.0887 e. The Kier molecular flexibility index (Phi) is 6.15. The Balaban J connectivity index is 2.36. The van der Waals surface area contributed by atoms with Crippen LogP contribution in [-0.4, -0.2) is 0 Å². The number of hydrogen-bond donors (Lipinski definition) is 0. The number of rotatable bonds is 5. The minimum Gasteiger partial charge on any atom is -0.130 e. The number of halogens is 3. The van der Waals surface area contributed by atoms with Gasteiger partial charge in [-0.2, -0.15) is 0 Å². The molecule has 0 saturated carbocycles. The average molecular weight is 437 g/mol. The van der Waals surface area contributed by atoms with E-state index in [1.807, 2.05) is 0 Å². The van der Waals surface area contributed by atoms with Gasteiger partial charge in [0.05, 0.1) is 13.6 Å². The second-order valence-electron chi connectivity index (χ2n) is 4.99. The van der Waals surface area contributed by atoms with Crippen LogP contribution in [0.4, 0.5) is 0 Å². The van der Waals surface area contributed by atoms with E-state index in [-0.39, 0.29) is 4.83 Å². The fourth-order valence-electron chi connectivity index (χ4n) is 2.39. The first-order valence-electron chi connectivity index (χ1n) is 6.68. The topological polar surface area (TPSA) is 0 Å². The summed E-state index contributed by atoms with van der Waals surface area (Å²) in [6.45, 7) is 4.56. The summed E-state index contributed by atoms with van der Waals surface area (Å²) >= 11 is 15.3. The highest BCUT2D eigenvalue weighted by Crippen LogP contribution is 2.48. The summed E-state index contributed by atoms with van der Waals surface area (Å²) in [6, 6.07) is 12.8. The van der Waals surface area contributed by atoms with Gasteiger partial charge < -0.3 is 0 Å². The van der Waals surface area contributed by atoms with Crippen LogP contribution in [0.15, 0.2) is 40.2 Å². The van der Waals surface area contributed by atoms with Crippen molar-refractivity contribution in [1.82, 2.24) is 0 Å². The Labute approximate surface area is 146 Å². The standard InChI is InChI=1S/C16H17Br2ClS/c1-3-10(2)14(11-7-5-4-6-8-11)15(17)13-9-12(19)16(18)20-13/h4-10,14-15H,3H2,1-2H3. The molecule has 0 aliphatic heterocycles. The lowest BCUT2D eigenvalue weighted by Gasteiger charge is -2.28. The van der Waals surface area contributed by atoms with E-state index < -0.39 is 0 Å². The molecule has 2 rings (SSSR count).